The minimum absolute atomic E-state index is 0.960. The van der Waals surface area contributed by atoms with E-state index in [9.17, 15) is 0 Å². The number of hydrogen-bond acceptors (Lipinski definition) is 2. The smallest absolute Gasteiger partial charge is 0.143 e. The van der Waals surface area contributed by atoms with Crippen molar-refractivity contribution in [2.45, 2.75) is 33.6 Å². The summed E-state index contributed by atoms with van der Waals surface area (Å²) < 4.78 is 5.35. The molecule has 0 unspecified atom stereocenters. The standard InChI is InChI=1S/C11H17NO/c1-5-6-10-8(2)7-12-9(3)11(10)13-4/h7H,5-6H2,1-4H3. The molecule has 0 fully saturated rings. The van der Waals surface area contributed by atoms with Gasteiger partial charge in [-0.1, -0.05) is 13.3 Å². The maximum atomic E-state index is 5.35. The molecule has 0 N–H and O–H groups in total. The Morgan fingerprint density at radius 3 is 2.62 bits per heavy atom. The first kappa shape index (κ1) is 10.0. The van der Waals surface area contributed by atoms with Crippen molar-refractivity contribution < 1.29 is 4.74 Å². The first-order chi connectivity index (χ1) is 6.20. The molecule has 72 valence electrons. The van der Waals surface area contributed by atoms with Gasteiger partial charge >= 0.3 is 0 Å². The topological polar surface area (TPSA) is 22.1 Å². The van der Waals surface area contributed by atoms with E-state index in [2.05, 4.69) is 18.8 Å². The molecular weight excluding hydrogens is 162 g/mol. The SMILES string of the molecule is CCCc1c(C)cnc(C)c1OC. The molecular formula is C11H17NO. The Labute approximate surface area is 80.0 Å². The van der Waals surface area contributed by atoms with Gasteiger partial charge in [0.2, 0.25) is 0 Å². The van der Waals surface area contributed by atoms with Crippen LogP contribution in [0.15, 0.2) is 6.20 Å². The molecule has 0 radical (unpaired) electrons. The lowest BCUT2D eigenvalue weighted by Crippen LogP contribution is -1.99. The van der Waals surface area contributed by atoms with Crippen molar-refractivity contribution in [3.8, 4) is 5.75 Å². The molecule has 2 heteroatoms. The Kier molecular flexibility index (Phi) is 3.29. The lowest BCUT2D eigenvalue weighted by Gasteiger charge is -2.12. The van der Waals surface area contributed by atoms with E-state index in [0.29, 0.717) is 0 Å². The van der Waals surface area contributed by atoms with E-state index in [1.54, 1.807) is 7.11 Å². The van der Waals surface area contributed by atoms with Crippen LogP contribution in [0, 0.1) is 13.8 Å². The van der Waals surface area contributed by atoms with E-state index in [0.717, 1.165) is 24.3 Å². The van der Waals surface area contributed by atoms with Crippen molar-refractivity contribution in [1.82, 2.24) is 4.98 Å². The second-order valence-electron chi connectivity index (χ2n) is 3.29. The van der Waals surface area contributed by atoms with Crippen LogP contribution < -0.4 is 4.74 Å². The molecule has 0 aliphatic heterocycles. The minimum Gasteiger partial charge on any atom is -0.495 e. The summed E-state index contributed by atoms with van der Waals surface area (Å²) in [6.07, 6.45) is 4.13. The summed E-state index contributed by atoms with van der Waals surface area (Å²) >= 11 is 0. The van der Waals surface area contributed by atoms with E-state index >= 15 is 0 Å². The fourth-order valence-corrected chi connectivity index (χ4v) is 1.56. The van der Waals surface area contributed by atoms with Gasteiger partial charge in [-0.25, -0.2) is 0 Å². The number of aromatic nitrogens is 1. The Bertz CT molecular complexity index is 294. The highest BCUT2D eigenvalue weighted by molar-refractivity contribution is 5.41. The molecule has 0 bridgehead atoms. The Morgan fingerprint density at radius 1 is 1.38 bits per heavy atom. The monoisotopic (exact) mass is 179 g/mol. The van der Waals surface area contributed by atoms with Crippen LogP contribution in [-0.4, -0.2) is 12.1 Å². The first-order valence-corrected chi connectivity index (χ1v) is 4.69. The molecule has 1 rings (SSSR count). The van der Waals surface area contributed by atoms with Gasteiger partial charge in [0.05, 0.1) is 12.8 Å². The van der Waals surface area contributed by atoms with Crippen molar-refractivity contribution >= 4 is 0 Å². The molecule has 0 spiro atoms. The van der Waals surface area contributed by atoms with E-state index in [4.69, 9.17) is 4.74 Å². The van der Waals surface area contributed by atoms with Gasteiger partial charge < -0.3 is 4.74 Å². The molecule has 0 aliphatic rings. The molecule has 13 heavy (non-hydrogen) atoms. The predicted octanol–water partition coefficient (Wildman–Crippen LogP) is 2.66. The first-order valence-electron chi connectivity index (χ1n) is 4.69. The van der Waals surface area contributed by atoms with Gasteiger partial charge in [-0.15, -0.1) is 0 Å². The maximum Gasteiger partial charge on any atom is 0.143 e. The van der Waals surface area contributed by atoms with Gasteiger partial charge in [0, 0.05) is 11.8 Å². The van der Waals surface area contributed by atoms with E-state index in [-0.39, 0.29) is 0 Å². The van der Waals surface area contributed by atoms with E-state index < -0.39 is 0 Å². The van der Waals surface area contributed by atoms with Crippen LogP contribution in [0.25, 0.3) is 0 Å². The summed E-state index contributed by atoms with van der Waals surface area (Å²) in [5, 5.41) is 0. The lowest BCUT2D eigenvalue weighted by molar-refractivity contribution is 0.403. The van der Waals surface area contributed by atoms with Crippen molar-refractivity contribution in [3.05, 3.63) is 23.0 Å². The highest BCUT2D eigenvalue weighted by atomic mass is 16.5. The summed E-state index contributed by atoms with van der Waals surface area (Å²) in [5.74, 6) is 0.960. The molecule has 0 aliphatic carbocycles. The van der Waals surface area contributed by atoms with Gasteiger partial charge in [0.1, 0.15) is 5.75 Å². The van der Waals surface area contributed by atoms with Gasteiger partial charge in [0.25, 0.3) is 0 Å². The molecule has 1 aromatic rings. The molecule has 2 nitrogen and oxygen atoms in total. The average Bonchev–Trinajstić information content (AvgIpc) is 2.12. The Balaban J connectivity index is 3.18. The van der Waals surface area contributed by atoms with Crippen molar-refractivity contribution in [3.63, 3.8) is 0 Å². The van der Waals surface area contributed by atoms with Gasteiger partial charge in [0.15, 0.2) is 0 Å². The summed E-state index contributed by atoms with van der Waals surface area (Å²) in [5.41, 5.74) is 3.51. The van der Waals surface area contributed by atoms with Crippen molar-refractivity contribution in [2.24, 2.45) is 0 Å². The Morgan fingerprint density at radius 2 is 2.08 bits per heavy atom. The largest absolute Gasteiger partial charge is 0.495 e. The van der Waals surface area contributed by atoms with Crippen molar-refractivity contribution in [2.75, 3.05) is 7.11 Å². The normalized spacial score (nSPS) is 10.2. The number of pyridine rings is 1. The summed E-state index contributed by atoms with van der Waals surface area (Å²) in [6, 6.07) is 0. The number of hydrogen-bond donors (Lipinski definition) is 0. The Hall–Kier alpha value is -1.05. The second-order valence-corrected chi connectivity index (χ2v) is 3.29. The molecule has 1 aromatic heterocycles. The summed E-state index contributed by atoms with van der Waals surface area (Å²) in [7, 11) is 1.71. The zero-order chi connectivity index (χ0) is 9.84. The molecule has 0 atom stereocenters. The van der Waals surface area contributed by atoms with Gasteiger partial charge in [-0.05, 0) is 25.8 Å². The summed E-state index contributed by atoms with van der Waals surface area (Å²) in [4.78, 5) is 4.27. The maximum absolute atomic E-state index is 5.35. The van der Waals surface area contributed by atoms with Crippen molar-refractivity contribution in [1.29, 1.82) is 0 Å². The number of methoxy groups -OCH3 is 1. The third kappa shape index (κ3) is 2.00. The van der Waals surface area contributed by atoms with E-state index in [1.807, 2.05) is 13.1 Å². The summed E-state index contributed by atoms with van der Waals surface area (Å²) in [6.45, 7) is 6.24. The minimum atomic E-state index is 0.960. The van der Waals surface area contributed by atoms with Gasteiger partial charge in [-0.3, -0.25) is 4.98 Å². The zero-order valence-corrected chi connectivity index (χ0v) is 8.85. The molecule has 0 aromatic carbocycles. The second kappa shape index (κ2) is 4.26. The fraction of sp³-hybridized carbons (Fsp3) is 0.545. The third-order valence-corrected chi connectivity index (χ3v) is 2.23. The highest BCUT2D eigenvalue weighted by Gasteiger charge is 2.08. The van der Waals surface area contributed by atoms with Crippen LogP contribution in [-0.2, 0) is 6.42 Å². The molecule has 0 saturated heterocycles. The van der Waals surface area contributed by atoms with Crippen LogP contribution in [0.3, 0.4) is 0 Å². The molecule has 0 amide bonds. The number of rotatable bonds is 3. The van der Waals surface area contributed by atoms with Crippen LogP contribution in [0.5, 0.6) is 5.75 Å². The quantitative estimate of drug-likeness (QED) is 0.711. The number of ether oxygens (including phenoxy) is 1. The number of nitrogens with zero attached hydrogens (tertiary/aromatic N) is 1. The zero-order valence-electron chi connectivity index (χ0n) is 8.85. The predicted molar refractivity (Wildman–Crippen MR) is 54.3 cm³/mol. The lowest BCUT2D eigenvalue weighted by atomic mass is 10.0. The third-order valence-electron chi connectivity index (χ3n) is 2.23. The van der Waals surface area contributed by atoms with Crippen LogP contribution in [0.1, 0.15) is 30.2 Å². The van der Waals surface area contributed by atoms with Crippen LogP contribution >= 0.6 is 0 Å². The molecule has 0 saturated carbocycles. The van der Waals surface area contributed by atoms with Gasteiger partial charge in [-0.2, -0.15) is 0 Å². The average molecular weight is 179 g/mol. The van der Waals surface area contributed by atoms with Crippen LogP contribution in [0.2, 0.25) is 0 Å². The fourth-order valence-electron chi connectivity index (χ4n) is 1.56. The van der Waals surface area contributed by atoms with Crippen LogP contribution in [0.4, 0.5) is 0 Å². The molecule has 1 heterocycles. The highest BCUT2D eigenvalue weighted by Crippen LogP contribution is 2.25. The number of aryl methyl sites for hydroxylation is 2. The van der Waals surface area contributed by atoms with E-state index in [1.165, 1.54) is 11.1 Å².